The molecule has 1 aromatic heterocycles. The second-order valence-corrected chi connectivity index (χ2v) is 8.10. The molecule has 0 radical (unpaired) electrons. The highest BCUT2D eigenvalue weighted by molar-refractivity contribution is 6.05. The molecule has 5 rings (SSSR count). The average Bonchev–Trinajstić information content (AvgIpc) is 3.47. The van der Waals surface area contributed by atoms with Gasteiger partial charge in [-0.1, -0.05) is 12.1 Å². The number of hydrogen-bond donors (Lipinski definition) is 3. The van der Waals surface area contributed by atoms with Crippen LogP contribution in [-0.2, 0) is 22.7 Å². The number of amides is 3. The average molecular weight is 408 g/mol. The second kappa shape index (κ2) is 7.56. The van der Waals surface area contributed by atoms with Crippen LogP contribution in [0.2, 0.25) is 0 Å². The van der Waals surface area contributed by atoms with Gasteiger partial charge >= 0.3 is 0 Å². The first kappa shape index (κ1) is 18.8. The van der Waals surface area contributed by atoms with Crippen LogP contribution < -0.4 is 16.0 Å². The first-order chi connectivity index (χ1) is 14.6. The molecule has 3 N–H and O–H groups in total. The van der Waals surface area contributed by atoms with Gasteiger partial charge in [-0.25, -0.2) is 0 Å². The molecule has 30 heavy (non-hydrogen) atoms. The molecule has 2 aromatic rings. The van der Waals surface area contributed by atoms with Crippen LogP contribution in [0.25, 0.3) is 0 Å². The Kier molecular flexibility index (Phi) is 4.74. The van der Waals surface area contributed by atoms with Gasteiger partial charge in [0.1, 0.15) is 6.04 Å². The van der Waals surface area contributed by atoms with E-state index in [2.05, 4.69) is 21.0 Å². The molecule has 2 saturated heterocycles. The summed E-state index contributed by atoms with van der Waals surface area (Å²) >= 11 is 0. The summed E-state index contributed by atoms with van der Waals surface area (Å²) in [5, 5.41) is 13.5. The molecule has 3 aliphatic rings. The molecule has 3 aliphatic heterocycles. The van der Waals surface area contributed by atoms with Gasteiger partial charge in [-0.15, -0.1) is 0 Å². The molecule has 4 heterocycles. The summed E-state index contributed by atoms with van der Waals surface area (Å²) < 4.78 is 2.00. The van der Waals surface area contributed by atoms with Crippen molar-refractivity contribution < 1.29 is 14.4 Å². The molecule has 0 aliphatic carbocycles. The number of aromatic nitrogens is 2. The summed E-state index contributed by atoms with van der Waals surface area (Å²) in [7, 11) is 0. The Morgan fingerprint density at radius 3 is 2.90 bits per heavy atom. The van der Waals surface area contributed by atoms with Crippen molar-refractivity contribution in [3.63, 3.8) is 0 Å². The molecule has 2 fully saturated rings. The van der Waals surface area contributed by atoms with E-state index in [0.717, 1.165) is 36.3 Å². The Bertz CT molecular complexity index is 1010. The van der Waals surface area contributed by atoms with Crippen molar-refractivity contribution in [2.45, 2.75) is 44.4 Å². The summed E-state index contributed by atoms with van der Waals surface area (Å²) in [5.74, 6) is -0.810. The number of benzene rings is 1. The summed E-state index contributed by atoms with van der Waals surface area (Å²) in [6, 6.07) is 5.60. The Labute approximate surface area is 173 Å². The minimum absolute atomic E-state index is 0.148. The monoisotopic (exact) mass is 408 g/mol. The van der Waals surface area contributed by atoms with Crippen molar-refractivity contribution >= 4 is 23.4 Å². The van der Waals surface area contributed by atoms with E-state index in [4.69, 9.17) is 0 Å². The molecule has 1 aromatic carbocycles. The molecular formula is C21H24N6O3. The number of piperidine rings is 1. The van der Waals surface area contributed by atoms with Gasteiger partial charge in [-0.05, 0) is 36.6 Å². The number of nitrogens with zero attached hydrogens (tertiary/aromatic N) is 3. The highest BCUT2D eigenvalue weighted by Gasteiger charge is 2.39. The Morgan fingerprint density at radius 1 is 1.20 bits per heavy atom. The van der Waals surface area contributed by atoms with Crippen molar-refractivity contribution in [1.82, 2.24) is 25.3 Å². The summed E-state index contributed by atoms with van der Waals surface area (Å²) in [4.78, 5) is 37.9. The van der Waals surface area contributed by atoms with Crippen molar-refractivity contribution in [1.29, 1.82) is 0 Å². The smallest absolute Gasteiger partial charge is 0.255 e. The lowest BCUT2D eigenvalue weighted by atomic mass is 10.0. The highest BCUT2D eigenvalue weighted by atomic mass is 16.2. The maximum atomic E-state index is 12.8. The molecule has 2 atom stereocenters. The predicted octanol–water partition coefficient (Wildman–Crippen LogP) is 0.791. The Morgan fingerprint density at radius 2 is 2.10 bits per heavy atom. The first-order valence-corrected chi connectivity index (χ1v) is 10.3. The fourth-order valence-corrected chi connectivity index (χ4v) is 4.44. The van der Waals surface area contributed by atoms with E-state index in [1.165, 1.54) is 0 Å². The SMILES string of the molecule is O=C1CCC(N2Cc3cc(CNc4cnn(C5CCNC5)c4)ccc3C2=O)C(=O)N1. The zero-order valence-corrected chi connectivity index (χ0v) is 16.6. The van der Waals surface area contributed by atoms with E-state index in [1.807, 2.05) is 35.3 Å². The van der Waals surface area contributed by atoms with Crippen LogP contribution in [0.4, 0.5) is 5.69 Å². The lowest BCUT2D eigenvalue weighted by Crippen LogP contribution is -2.52. The van der Waals surface area contributed by atoms with E-state index in [0.29, 0.717) is 31.1 Å². The Balaban J connectivity index is 1.24. The van der Waals surface area contributed by atoms with E-state index >= 15 is 0 Å². The van der Waals surface area contributed by atoms with Gasteiger partial charge in [0.05, 0.1) is 17.9 Å². The van der Waals surface area contributed by atoms with Crippen LogP contribution in [0.15, 0.2) is 30.6 Å². The minimum Gasteiger partial charge on any atom is -0.378 e. The summed E-state index contributed by atoms with van der Waals surface area (Å²) in [6.45, 7) is 2.98. The van der Waals surface area contributed by atoms with Gasteiger partial charge in [0, 0.05) is 37.8 Å². The number of carbonyl (C=O) groups is 3. The standard InChI is InChI=1S/C21H24N6O3/c28-19-4-3-18(20(29)25-19)26-11-14-7-13(1-2-17(14)21(26)30)8-23-15-9-24-27(12-15)16-5-6-22-10-16/h1-2,7,9,12,16,18,22-23H,3-6,8,10-11H2,(H,25,28,29). The van der Waals surface area contributed by atoms with Crippen LogP contribution in [0.3, 0.4) is 0 Å². The number of nitrogens with one attached hydrogen (secondary N) is 3. The van der Waals surface area contributed by atoms with Crippen molar-refractivity contribution in [2.75, 3.05) is 18.4 Å². The number of carbonyl (C=O) groups excluding carboxylic acids is 3. The van der Waals surface area contributed by atoms with Crippen molar-refractivity contribution in [3.05, 3.63) is 47.3 Å². The number of imide groups is 1. The van der Waals surface area contributed by atoms with E-state index < -0.39 is 6.04 Å². The zero-order valence-electron chi connectivity index (χ0n) is 16.6. The molecule has 3 amide bonds. The van der Waals surface area contributed by atoms with E-state index in [-0.39, 0.29) is 24.1 Å². The van der Waals surface area contributed by atoms with Gasteiger partial charge < -0.3 is 15.5 Å². The zero-order chi connectivity index (χ0) is 20.7. The predicted molar refractivity (Wildman–Crippen MR) is 109 cm³/mol. The number of hydrogen-bond acceptors (Lipinski definition) is 6. The molecule has 156 valence electrons. The van der Waals surface area contributed by atoms with Crippen molar-refractivity contribution in [3.8, 4) is 0 Å². The molecule has 9 heteroatoms. The van der Waals surface area contributed by atoms with E-state index in [9.17, 15) is 14.4 Å². The number of fused-ring (bicyclic) bond motifs is 1. The lowest BCUT2D eigenvalue weighted by molar-refractivity contribution is -0.136. The highest BCUT2D eigenvalue weighted by Crippen LogP contribution is 2.28. The number of rotatable bonds is 5. The van der Waals surface area contributed by atoms with E-state index in [1.54, 1.807) is 4.90 Å². The topological polar surface area (TPSA) is 108 Å². The maximum absolute atomic E-state index is 12.8. The fourth-order valence-electron chi connectivity index (χ4n) is 4.44. The quantitative estimate of drug-likeness (QED) is 0.632. The summed E-state index contributed by atoms with van der Waals surface area (Å²) in [6.07, 6.45) is 5.58. The fraction of sp³-hybridized carbons (Fsp3) is 0.429. The molecule has 0 spiro atoms. The molecule has 9 nitrogen and oxygen atoms in total. The van der Waals surface area contributed by atoms with Gasteiger partial charge in [0.2, 0.25) is 11.8 Å². The minimum atomic E-state index is -0.583. The van der Waals surface area contributed by atoms with Crippen LogP contribution in [-0.4, -0.2) is 51.5 Å². The first-order valence-electron chi connectivity index (χ1n) is 10.3. The third kappa shape index (κ3) is 3.45. The third-order valence-corrected chi connectivity index (χ3v) is 6.09. The number of anilines is 1. The van der Waals surface area contributed by atoms with Gasteiger partial charge in [0.25, 0.3) is 5.91 Å². The molecular weight excluding hydrogens is 384 g/mol. The molecule has 0 saturated carbocycles. The largest absolute Gasteiger partial charge is 0.378 e. The lowest BCUT2D eigenvalue weighted by Gasteiger charge is -2.29. The van der Waals surface area contributed by atoms with Crippen LogP contribution in [0, 0.1) is 0 Å². The van der Waals surface area contributed by atoms with Crippen LogP contribution >= 0.6 is 0 Å². The molecule has 2 unspecified atom stereocenters. The molecule has 0 bridgehead atoms. The Hall–Kier alpha value is -3.20. The van der Waals surface area contributed by atoms with Gasteiger partial charge in [-0.3, -0.25) is 24.4 Å². The van der Waals surface area contributed by atoms with Crippen LogP contribution in [0.5, 0.6) is 0 Å². The maximum Gasteiger partial charge on any atom is 0.255 e. The van der Waals surface area contributed by atoms with Crippen LogP contribution in [0.1, 0.15) is 46.8 Å². The summed E-state index contributed by atoms with van der Waals surface area (Å²) in [5.41, 5.74) is 3.56. The van der Waals surface area contributed by atoms with Crippen molar-refractivity contribution in [2.24, 2.45) is 0 Å². The normalized spacial score (nSPS) is 23.6. The second-order valence-electron chi connectivity index (χ2n) is 8.10. The third-order valence-electron chi connectivity index (χ3n) is 6.09. The van der Waals surface area contributed by atoms with Gasteiger partial charge in [0.15, 0.2) is 0 Å². The van der Waals surface area contributed by atoms with Gasteiger partial charge in [-0.2, -0.15) is 5.10 Å².